The van der Waals surface area contributed by atoms with E-state index in [1.807, 2.05) is 5.09 Å². The molecule has 1 unspecified atom stereocenters. The largest absolute Gasteiger partial charge is 0.772 e. The highest BCUT2D eigenvalue weighted by atomic mass is 31.2. The van der Waals surface area contributed by atoms with Crippen molar-refractivity contribution in [3.05, 3.63) is 17.7 Å². The lowest BCUT2D eigenvalue weighted by atomic mass is 10.2. The highest BCUT2D eigenvalue weighted by Gasteiger charge is 2.10. The molecule has 14 heavy (non-hydrogen) atoms. The van der Waals surface area contributed by atoms with Crippen molar-refractivity contribution in [2.45, 2.75) is 6.92 Å². The van der Waals surface area contributed by atoms with Crippen LogP contribution in [-0.2, 0) is 4.57 Å². The molecule has 0 aliphatic carbocycles. The zero-order valence-corrected chi connectivity index (χ0v) is 8.28. The van der Waals surface area contributed by atoms with Gasteiger partial charge in [-0.1, -0.05) is 6.07 Å². The minimum absolute atomic E-state index is 0.145. The van der Waals surface area contributed by atoms with Crippen LogP contribution >= 0.6 is 7.67 Å². The lowest BCUT2D eigenvalue weighted by Gasteiger charge is -2.20. The third-order valence-electron chi connectivity index (χ3n) is 1.63. The van der Waals surface area contributed by atoms with Crippen molar-refractivity contribution in [1.29, 1.82) is 0 Å². The Morgan fingerprint density at radius 2 is 2.00 bits per heavy atom. The van der Waals surface area contributed by atoms with Crippen LogP contribution in [0.15, 0.2) is 12.1 Å². The first-order valence-electron chi connectivity index (χ1n) is 3.70. The molecule has 6 nitrogen and oxygen atoms in total. The summed E-state index contributed by atoms with van der Waals surface area (Å²) in [4.78, 5) is 10.7. The van der Waals surface area contributed by atoms with Crippen molar-refractivity contribution in [2.24, 2.45) is 5.50 Å². The number of rotatable bonds is 2. The van der Waals surface area contributed by atoms with Crippen molar-refractivity contribution in [3.63, 3.8) is 0 Å². The van der Waals surface area contributed by atoms with E-state index in [4.69, 9.17) is 5.50 Å². The molecule has 0 radical (unpaired) electrons. The van der Waals surface area contributed by atoms with Crippen LogP contribution in [0.2, 0.25) is 0 Å². The van der Waals surface area contributed by atoms with Gasteiger partial charge in [0.25, 0.3) is 0 Å². The average molecular weight is 217 g/mol. The summed E-state index contributed by atoms with van der Waals surface area (Å²) in [5, 5.41) is 20.5. The van der Waals surface area contributed by atoms with E-state index in [9.17, 15) is 19.7 Å². The smallest absolute Gasteiger partial charge is 0.181 e. The van der Waals surface area contributed by atoms with Gasteiger partial charge in [-0.05, 0) is 18.6 Å². The molecular formula is C7H10N2O4P-. The molecule has 1 atom stereocenters. The van der Waals surface area contributed by atoms with Gasteiger partial charge in [0, 0.05) is 0 Å². The maximum absolute atomic E-state index is 10.7. The Balaban J connectivity index is 3.12. The maximum Gasteiger partial charge on any atom is 0.181 e. The van der Waals surface area contributed by atoms with Gasteiger partial charge in [-0.15, -0.1) is 0 Å². The van der Waals surface area contributed by atoms with Gasteiger partial charge < -0.3 is 20.2 Å². The highest BCUT2D eigenvalue weighted by Crippen LogP contribution is 2.40. The van der Waals surface area contributed by atoms with Crippen molar-refractivity contribution >= 4 is 13.4 Å². The number of aromatic hydroxyl groups is 2. The summed E-state index contributed by atoms with van der Waals surface area (Å²) >= 11 is 0. The van der Waals surface area contributed by atoms with Crippen LogP contribution in [0.25, 0.3) is 0 Å². The molecule has 7 heteroatoms. The first kappa shape index (κ1) is 10.8. The number of anilines is 1. The summed E-state index contributed by atoms with van der Waals surface area (Å²) in [5.74, 6) is -0.907. The molecule has 0 aliphatic rings. The quantitative estimate of drug-likeness (QED) is 0.416. The third kappa shape index (κ3) is 2.38. The summed E-state index contributed by atoms with van der Waals surface area (Å²) < 4.78 is 10.7. The minimum atomic E-state index is -4.22. The fourth-order valence-corrected chi connectivity index (χ4v) is 1.45. The van der Waals surface area contributed by atoms with Crippen molar-refractivity contribution in [3.8, 4) is 11.5 Å². The van der Waals surface area contributed by atoms with E-state index in [0.29, 0.717) is 5.56 Å². The predicted molar refractivity (Wildman–Crippen MR) is 49.9 cm³/mol. The summed E-state index contributed by atoms with van der Waals surface area (Å²) in [6.07, 6.45) is 0. The molecule has 78 valence electrons. The van der Waals surface area contributed by atoms with E-state index >= 15 is 0 Å². The Morgan fingerprint density at radius 3 is 2.50 bits per heavy atom. The summed E-state index contributed by atoms with van der Waals surface area (Å²) in [6, 6.07) is 2.76. The first-order chi connectivity index (χ1) is 6.31. The van der Waals surface area contributed by atoms with E-state index in [1.165, 1.54) is 12.1 Å². The molecule has 0 aliphatic heterocycles. The molecule has 0 saturated carbocycles. The van der Waals surface area contributed by atoms with Crippen molar-refractivity contribution < 1.29 is 19.7 Å². The lowest BCUT2D eigenvalue weighted by molar-refractivity contribution is -0.173. The second-order valence-corrected chi connectivity index (χ2v) is 4.25. The summed E-state index contributed by atoms with van der Waals surface area (Å²) in [6.45, 7) is 1.57. The predicted octanol–water partition coefficient (Wildman–Crippen LogP) is 0.245. The SMILES string of the molecule is Cc1ccc(NP(N)(=O)[O-])c(O)c1O. The summed E-state index contributed by atoms with van der Waals surface area (Å²) in [7, 11) is -4.22. The van der Waals surface area contributed by atoms with Gasteiger partial charge in [-0.25, -0.2) is 0 Å². The second kappa shape index (κ2) is 3.49. The van der Waals surface area contributed by atoms with Crippen LogP contribution in [0.4, 0.5) is 5.69 Å². The highest BCUT2D eigenvalue weighted by molar-refractivity contribution is 7.55. The van der Waals surface area contributed by atoms with E-state index < -0.39 is 13.4 Å². The number of hydrogen-bond acceptors (Lipinski definition) is 4. The second-order valence-electron chi connectivity index (χ2n) is 2.84. The number of phenolic OH excluding ortho intramolecular Hbond substituents is 2. The van der Waals surface area contributed by atoms with Crippen molar-refractivity contribution in [2.75, 3.05) is 5.09 Å². The van der Waals surface area contributed by atoms with Crippen molar-refractivity contribution in [1.82, 2.24) is 0 Å². The van der Waals surface area contributed by atoms with Crippen LogP contribution in [0, 0.1) is 6.92 Å². The van der Waals surface area contributed by atoms with Gasteiger partial charge in [0.15, 0.2) is 19.2 Å². The van der Waals surface area contributed by atoms with E-state index in [1.54, 1.807) is 6.92 Å². The molecule has 0 heterocycles. The van der Waals surface area contributed by atoms with Gasteiger partial charge in [-0.2, -0.15) is 0 Å². The Labute approximate surface area is 80.6 Å². The van der Waals surface area contributed by atoms with Gasteiger partial charge in [0.1, 0.15) is 0 Å². The molecule has 0 spiro atoms. The number of phenols is 2. The van der Waals surface area contributed by atoms with Crippen LogP contribution < -0.4 is 15.5 Å². The van der Waals surface area contributed by atoms with Crippen LogP contribution in [0.5, 0.6) is 11.5 Å². The van der Waals surface area contributed by atoms with Gasteiger partial charge in [0.05, 0.1) is 5.69 Å². The topological polar surface area (TPSA) is 119 Å². The van der Waals surface area contributed by atoms with E-state index in [-0.39, 0.29) is 11.4 Å². The van der Waals surface area contributed by atoms with Gasteiger partial charge >= 0.3 is 0 Å². The van der Waals surface area contributed by atoms with Gasteiger partial charge in [-0.3, -0.25) is 10.1 Å². The maximum atomic E-state index is 10.7. The van der Waals surface area contributed by atoms with Crippen LogP contribution in [0.1, 0.15) is 5.56 Å². The van der Waals surface area contributed by atoms with Crippen LogP contribution in [0.3, 0.4) is 0 Å². The lowest BCUT2D eigenvalue weighted by Crippen LogP contribution is -2.17. The average Bonchev–Trinajstić information content (AvgIpc) is 2.04. The Kier molecular flexibility index (Phi) is 2.71. The molecule has 1 aromatic rings. The molecule has 1 aromatic carbocycles. The zero-order valence-electron chi connectivity index (χ0n) is 7.39. The molecule has 0 aromatic heterocycles. The number of hydrogen-bond donors (Lipinski definition) is 4. The molecule has 0 bridgehead atoms. The number of aryl methyl sites for hydroxylation is 1. The van der Waals surface area contributed by atoms with Crippen LogP contribution in [-0.4, -0.2) is 10.2 Å². The van der Waals surface area contributed by atoms with Gasteiger partial charge in [0.2, 0.25) is 0 Å². The molecule has 0 saturated heterocycles. The Bertz CT molecular complexity index is 401. The molecule has 0 fully saturated rings. The monoisotopic (exact) mass is 217 g/mol. The molecule has 0 amide bonds. The Hall–Kier alpha value is -1.23. The minimum Gasteiger partial charge on any atom is -0.772 e. The molecule has 5 N–H and O–H groups in total. The third-order valence-corrected chi connectivity index (χ3v) is 2.18. The van der Waals surface area contributed by atoms with E-state index in [2.05, 4.69) is 0 Å². The zero-order chi connectivity index (χ0) is 10.9. The number of nitrogens with two attached hydrogens (primary N) is 1. The first-order valence-corrected chi connectivity index (χ1v) is 5.40. The number of nitrogens with one attached hydrogen (secondary N) is 1. The summed E-state index contributed by atoms with van der Waals surface area (Å²) in [5.41, 5.74) is 5.01. The van der Waals surface area contributed by atoms with E-state index in [0.717, 1.165) is 0 Å². The Morgan fingerprint density at radius 1 is 1.43 bits per heavy atom. The normalized spacial score (nSPS) is 14.8. The number of benzene rings is 1. The molecule has 1 rings (SSSR count). The molecular weight excluding hydrogens is 207 g/mol. The fraction of sp³-hybridized carbons (Fsp3) is 0.143. The fourth-order valence-electron chi connectivity index (χ4n) is 0.939. The standard InChI is InChI=1S/C7H11N2O4P/c1-4-2-3-5(7(11)6(4)10)9-14(8,12)13/h2-3,10-11H,1H3,(H4,8,9,12,13)/p-1.